The van der Waals surface area contributed by atoms with E-state index in [0.29, 0.717) is 30.8 Å². The number of nitrogens with zero attached hydrogens (tertiary/aromatic N) is 1. The molecule has 1 aliphatic heterocycles. The molecular weight excluding hydrogens is 208 g/mol. The number of amides is 1. The Kier molecular flexibility index (Phi) is 2.62. The van der Waals surface area contributed by atoms with Crippen LogP contribution in [0, 0.1) is 0 Å². The predicted molar refractivity (Wildman–Crippen MR) is 58.5 cm³/mol. The van der Waals surface area contributed by atoms with Gasteiger partial charge in [0.1, 0.15) is 5.75 Å². The van der Waals surface area contributed by atoms with Crippen LogP contribution in [0.1, 0.15) is 16.8 Å². The molecule has 16 heavy (non-hydrogen) atoms. The maximum Gasteiger partial charge on any atom is 0.299 e. The van der Waals surface area contributed by atoms with Crippen LogP contribution in [0.3, 0.4) is 0 Å². The number of aromatic hydroxyl groups is 1. The number of rotatable bonds is 3. The van der Waals surface area contributed by atoms with Crippen LogP contribution in [0.2, 0.25) is 0 Å². The van der Waals surface area contributed by atoms with Gasteiger partial charge in [-0.2, -0.15) is 0 Å². The van der Waals surface area contributed by atoms with E-state index < -0.39 is 11.7 Å². The maximum absolute atomic E-state index is 11.6. The second-order valence-corrected chi connectivity index (χ2v) is 3.63. The van der Waals surface area contributed by atoms with E-state index >= 15 is 0 Å². The monoisotopic (exact) mass is 220 g/mol. The second kappa shape index (κ2) is 3.94. The highest BCUT2D eigenvalue weighted by molar-refractivity contribution is 6.52. The van der Waals surface area contributed by atoms with Crippen molar-refractivity contribution in [2.75, 3.05) is 18.0 Å². The zero-order valence-electron chi connectivity index (χ0n) is 8.64. The topological polar surface area (TPSA) is 83.6 Å². The summed E-state index contributed by atoms with van der Waals surface area (Å²) < 4.78 is 0. The van der Waals surface area contributed by atoms with Crippen LogP contribution in [0.5, 0.6) is 5.75 Å². The number of benzene rings is 1. The van der Waals surface area contributed by atoms with Gasteiger partial charge < -0.3 is 15.7 Å². The summed E-state index contributed by atoms with van der Waals surface area (Å²) in [7, 11) is 0. The van der Waals surface area contributed by atoms with Crippen LogP contribution in [0.25, 0.3) is 0 Å². The van der Waals surface area contributed by atoms with Gasteiger partial charge in [-0.05, 0) is 25.1 Å². The lowest BCUT2D eigenvalue weighted by atomic mass is 10.1. The van der Waals surface area contributed by atoms with Gasteiger partial charge in [0.05, 0.1) is 11.3 Å². The fourth-order valence-electron chi connectivity index (χ4n) is 1.75. The number of carbonyl (C=O) groups is 2. The third-order valence-corrected chi connectivity index (χ3v) is 2.54. The lowest BCUT2D eigenvalue weighted by Gasteiger charge is -2.15. The fourth-order valence-corrected chi connectivity index (χ4v) is 1.75. The molecule has 1 aromatic rings. The van der Waals surface area contributed by atoms with Crippen LogP contribution >= 0.6 is 0 Å². The number of Topliss-reactive ketones (excluding diaryl/α,β-unsaturated/α-hetero) is 1. The SMILES string of the molecule is NCCCN1C(=O)C(=O)c2ccc(O)cc21. The molecular formula is C11H12N2O3. The van der Waals surface area contributed by atoms with E-state index in [9.17, 15) is 14.7 Å². The smallest absolute Gasteiger partial charge is 0.299 e. The molecule has 2 rings (SSSR count). The van der Waals surface area contributed by atoms with E-state index in [1.807, 2.05) is 0 Å². The summed E-state index contributed by atoms with van der Waals surface area (Å²) in [5, 5.41) is 9.34. The number of phenols is 1. The lowest BCUT2D eigenvalue weighted by Crippen LogP contribution is -2.31. The summed E-state index contributed by atoms with van der Waals surface area (Å²) >= 11 is 0. The molecule has 0 atom stereocenters. The highest BCUT2D eigenvalue weighted by atomic mass is 16.3. The molecule has 0 bridgehead atoms. The quantitative estimate of drug-likeness (QED) is 0.716. The van der Waals surface area contributed by atoms with Gasteiger partial charge in [-0.3, -0.25) is 9.59 Å². The zero-order chi connectivity index (χ0) is 11.7. The minimum atomic E-state index is -0.547. The molecule has 0 aromatic heterocycles. The lowest BCUT2D eigenvalue weighted by molar-refractivity contribution is -0.114. The summed E-state index contributed by atoms with van der Waals surface area (Å²) in [6.45, 7) is 0.851. The highest BCUT2D eigenvalue weighted by Crippen LogP contribution is 2.31. The van der Waals surface area contributed by atoms with Gasteiger partial charge in [-0.15, -0.1) is 0 Å². The maximum atomic E-state index is 11.6. The molecule has 0 saturated carbocycles. The van der Waals surface area contributed by atoms with Gasteiger partial charge in [0, 0.05) is 12.6 Å². The molecule has 1 amide bonds. The average molecular weight is 220 g/mol. The number of hydrogen-bond acceptors (Lipinski definition) is 4. The molecule has 1 heterocycles. The van der Waals surface area contributed by atoms with Gasteiger partial charge >= 0.3 is 0 Å². The van der Waals surface area contributed by atoms with Crippen molar-refractivity contribution in [1.29, 1.82) is 0 Å². The van der Waals surface area contributed by atoms with Crippen LogP contribution in [0.15, 0.2) is 18.2 Å². The Morgan fingerprint density at radius 2 is 2.06 bits per heavy atom. The number of hydrogen-bond donors (Lipinski definition) is 2. The van der Waals surface area contributed by atoms with E-state index in [4.69, 9.17) is 5.73 Å². The summed E-state index contributed by atoms with van der Waals surface area (Å²) in [6, 6.07) is 4.29. The van der Waals surface area contributed by atoms with Crippen molar-refractivity contribution in [3.63, 3.8) is 0 Å². The molecule has 84 valence electrons. The molecule has 1 aromatic carbocycles. The average Bonchev–Trinajstić information content (AvgIpc) is 2.50. The number of fused-ring (bicyclic) bond motifs is 1. The van der Waals surface area contributed by atoms with Crippen LogP contribution in [0.4, 0.5) is 5.69 Å². The predicted octanol–water partition coefficient (Wildman–Crippen LogP) is 0.270. The van der Waals surface area contributed by atoms with Gasteiger partial charge in [-0.1, -0.05) is 0 Å². The van der Waals surface area contributed by atoms with Gasteiger partial charge in [0.15, 0.2) is 0 Å². The number of nitrogens with two attached hydrogens (primary N) is 1. The van der Waals surface area contributed by atoms with Crippen LogP contribution in [-0.2, 0) is 4.79 Å². The first-order chi connectivity index (χ1) is 7.65. The van der Waals surface area contributed by atoms with Crippen molar-refractivity contribution in [2.24, 2.45) is 5.73 Å². The Morgan fingerprint density at radius 3 is 2.75 bits per heavy atom. The Morgan fingerprint density at radius 1 is 1.31 bits per heavy atom. The summed E-state index contributed by atoms with van der Waals surface area (Å²) in [4.78, 5) is 24.6. The molecule has 0 saturated heterocycles. The first-order valence-electron chi connectivity index (χ1n) is 5.04. The Bertz CT molecular complexity index is 457. The normalized spacial score (nSPS) is 14.4. The van der Waals surface area contributed by atoms with Crippen molar-refractivity contribution >= 4 is 17.4 Å². The van der Waals surface area contributed by atoms with E-state index in [-0.39, 0.29) is 5.75 Å². The number of phenolic OH excluding ortho intramolecular Hbond substituents is 1. The molecule has 0 spiro atoms. The van der Waals surface area contributed by atoms with Crippen molar-refractivity contribution < 1.29 is 14.7 Å². The molecule has 0 radical (unpaired) electrons. The van der Waals surface area contributed by atoms with Gasteiger partial charge in [0.25, 0.3) is 11.7 Å². The van der Waals surface area contributed by atoms with Gasteiger partial charge in [-0.25, -0.2) is 0 Å². The summed E-state index contributed by atoms with van der Waals surface area (Å²) in [5.41, 5.74) is 6.19. The molecule has 0 aliphatic carbocycles. The van der Waals surface area contributed by atoms with Gasteiger partial charge in [0.2, 0.25) is 0 Å². The third-order valence-electron chi connectivity index (χ3n) is 2.54. The molecule has 5 nitrogen and oxygen atoms in total. The van der Waals surface area contributed by atoms with E-state index in [2.05, 4.69) is 0 Å². The minimum absolute atomic E-state index is 0.0407. The van der Waals surface area contributed by atoms with E-state index in [0.717, 1.165) is 0 Å². The van der Waals surface area contributed by atoms with E-state index in [1.54, 1.807) is 0 Å². The minimum Gasteiger partial charge on any atom is -0.508 e. The highest BCUT2D eigenvalue weighted by Gasteiger charge is 2.35. The standard InChI is InChI=1S/C11H12N2O3/c12-4-1-5-13-9-6-7(14)2-3-8(9)10(15)11(13)16/h2-3,6,14H,1,4-5,12H2. The second-order valence-electron chi connectivity index (χ2n) is 3.63. The number of ketones is 1. The molecule has 5 heteroatoms. The first kappa shape index (κ1) is 10.6. The van der Waals surface area contributed by atoms with Crippen molar-refractivity contribution in [2.45, 2.75) is 6.42 Å². The Hall–Kier alpha value is -1.88. The molecule has 3 N–H and O–H groups in total. The fraction of sp³-hybridized carbons (Fsp3) is 0.273. The van der Waals surface area contributed by atoms with Crippen molar-refractivity contribution in [1.82, 2.24) is 0 Å². The zero-order valence-corrected chi connectivity index (χ0v) is 8.64. The third kappa shape index (κ3) is 1.55. The van der Waals surface area contributed by atoms with Crippen LogP contribution < -0.4 is 10.6 Å². The molecule has 0 fully saturated rings. The van der Waals surface area contributed by atoms with Crippen molar-refractivity contribution in [3.05, 3.63) is 23.8 Å². The summed E-state index contributed by atoms with van der Waals surface area (Å²) in [6.07, 6.45) is 0.619. The Balaban J connectivity index is 2.39. The number of carbonyl (C=O) groups excluding carboxylic acids is 2. The van der Waals surface area contributed by atoms with E-state index in [1.165, 1.54) is 23.1 Å². The van der Waals surface area contributed by atoms with Crippen LogP contribution in [-0.4, -0.2) is 29.9 Å². The Labute approximate surface area is 92.5 Å². The number of anilines is 1. The molecule has 0 unspecified atom stereocenters. The summed E-state index contributed by atoms with van der Waals surface area (Å²) in [5.74, 6) is -1.03. The largest absolute Gasteiger partial charge is 0.508 e. The molecule has 1 aliphatic rings. The van der Waals surface area contributed by atoms with Crippen molar-refractivity contribution in [3.8, 4) is 5.75 Å². The first-order valence-corrected chi connectivity index (χ1v) is 5.04.